The molecule has 4 nitrogen and oxygen atoms in total. The van der Waals surface area contributed by atoms with E-state index in [1.807, 2.05) is 0 Å². The molecule has 0 saturated heterocycles. The van der Waals surface area contributed by atoms with E-state index in [0.717, 1.165) is 0 Å². The predicted octanol–water partition coefficient (Wildman–Crippen LogP) is 0.933. The van der Waals surface area contributed by atoms with Gasteiger partial charge in [0.2, 0.25) is 0 Å². The molecular formula is C5H6N2O2. The Hall–Kier alpha value is -1.32. The van der Waals surface area contributed by atoms with Gasteiger partial charge >= 0.3 is 0 Å². The third kappa shape index (κ3) is 1.07. The van der Waals surface area contributed by atoms with Crippen LogP contribution < -0.4 is 0 Å². The zero-order chi connectivity index (χ0) is 7.72. The van der Waals surface area contributed by atoms with Crippen molar-refractivity contribution in [1.82, 2.24) is 4.57 Å². The van der Waals surface area contributed by atoms with Crippen LogP contribution in [-0.4, -0.2) is 9.49 Å². The maximum Gasteiger partial charge on any atom is 0.286 e. The average molecular weight is 127 g/mol. The maximum absolute atomic E-state index is 10.1. The van der Waals surface area contributed by atoms with Gasteiger partial charge in [0.05, 0.1) is 12.5 Å². The molecule has 0 spiro atoms. The fraction of sp³-hybridized carbons (Fsp3) is 0.200. The first-order valence-corrected chi connectivity index (χ1v) is 2.38. The molecule has 4 heteroatoms. The van der Waals surface area contributed by atoms with Crippen molar-refractivity contribution in [2.45, 2.75) is 0 Å². The summed E-state index contributed by atoms with van der Waals surface area (Å²) >= 11 is 0. The highest BCUT2D eigenvalue weighted by molar-refractivity contribution is 5.25. The quantitative estimate of drug-likeness (QED) is 0.416. The normalized spacial score (nSPS) is 11.0. The summed E-state index contributed by atoms with van der Waals surface area (Å²) in [4.78, 5) is 9.56. The van der Waals surface area contributed by atoms with Gasteiger partial charge in [-0.15, -0.1) is 0 Å². The summed E-state index contributed by atoms with van der Waals surface area (Å²) in [6.07, 6.45) is 1.45. The van der Waals surface area contributed by atoms with Crippen LogP contribution in [0.3, 0.4) is 0 Å². The Labute approximate surface area is 53.3 Å². The first-order chi connectivity index (χ1) is 4.61. The summed E-state index contributed by atoms with van der Waals surface area (Å²) in [7, 11) is 1.59. The largest absolute Gasteiger partial charge is 0.351 e. The van der Waals surface area contributed by atoms with Crippen molar-refractivity contribution < 1.29 is 6.29 Å². The summed E-state index contributed by atoms with van der Waals surface area (Å²) in [6.45, 7) is 0. The third-order valence-electron chi connectivity index (χ3n) is 0.953. The van der Waals surface area contributed by atoms with Gasteiger partial charge in [-0.25, -0.2) is 0 Å². The lowest BCUT2D eigenvalue weighted by Crippen LogP contribution is -1.84. The van der Waals surface area contributed by atoms with Gasteiger partial charge in [-0.2, -0.15) is 0 Å². The molecule has 1 heterocycles. The van der Waals surface area contributed by atoms with E-state index in [9.17, 15) is 10.1 Å². The molecule has 0 aromatic carbocycles. The van der Waals surface area contributed by atoms with Crippen molar-refractivity contribution in [2.24, 2.45) is 7.05 Å². The fourth-order valence-corrected chi connectivity index (χ4v) is 0.541. The standard InChI is InChI=1S/C5H6N2O2/c1-6-3-2-5(4-6)7(8)9/h2-4H,1H3/i3D. The van der Waals surface area contributed by atoms with E-state index in [-0.39, 0.29) is 11.9 Å². The van der Waals surface area contributed by atoms with E-state index in [2.05, 4.69) is 0 Å². The van der Waals surface area contributed by atoms with Gasteiger partial charge < -0.3 is 4.57 Å². The molecule has 0 amide bonds. The zero-order valence-electron chi connectivity index (χ0n) is 5.87. The number of hydrogen-bond donors (Lipinski definition) is 0. The minimum absolute atomic E-state index is 0.0347. The van der Waals surface area contributed by atoms with Gasteiger partial charge in [-0.1, -0.05) is 0 Å². The van der Waals surface area contributed by atoms with Crippen LogP contribution in [0.15, 0.2) is 18.4 Å². The van der Waals surface area contributed by atoms with Crippen molar-refractivity contribution in [2.75, 3.05) is 0 Å². The summed E-state index contributed by atoms with van der Waals surface area (Å²) in [5.41, 5.74) is -0.0347. The second-order valence-corrected chi connectivity index (χ2v) is 1.70. The minimum Gasteiger partial charge on any atom is -0.351 e. The van der Waals surface area contributed by atoms with Crippen LogP contribution in [0.5, 0.6) is 0 Å². The Morgan fingerprint density at radius 3 is 2.89 bits per heavy atom. The van der Waals surface area contributed by atoms with Gasteiger partial charge in [-0.05, 0) is 0 Å². The number of aryl methyl sites for hydroxylation is 1. The van der Waals surface area contributed by atoms with E-state index in [4.69, 9.17) is 1.37 Å². The van der Waals surface area contributed by atoms with E-state index in [0.29, 0.717) is 0 Å². The molecule has 48 valence electrons. The predicted molar refractivity (Wildman–Crippen MR) is 32.1 cm³/mol. The van der Waals surface area contributed by atoms with Crippen LogP contribution in [0.2, 0.25) is 0 Å². The average Bonchev–Trinajstić information content (AvgIpc) is 2.13. The number of rotatable bonds is 1. The Balaban J connectivity index is 3.10. The van der Waals surface area contributed by atoms with E-state index < -0.39 is 4.92 Å². The molecule has 0 saturated carbocycles. The molecule has 0 aliphatic heterocycles. The molecule has 0 radical (unpaired) electrons. The molecule has 0 aliphatic rings. The van der Waals surface area contributed by atoms with Crippen molar-refractivity contribution in [3.8, 4) is 0 Å². The lowest BCUT2D eigenvalue weighted by atomic mass is 10.6. The monoisotopic (exact) mass is 127 g/mol. The van der Waals surface area contributed by atoms with Crippen LogP contribution in [0.25, 0.3) is 0 Å². The number of aromatic nitrogens is 1. The van der Waals surface area contributed by atoms with Gasteiger partial charge in [0.15, 0.2) is 0 Å². The molecule has 0 bridgehead atoms. The highest BCUT2D eigenvalue weighted by Gasteiger charge is 2.03. The lowest BCUT2D eigenvalue weighted by Gasteiger charge is -1.81. The minimum atomic E-state index is -0.516. The molecule has 0 N–H and O–H groups in total. The summed E-state index contributed by atoms with van der Waals surface area (Å²) in [5, 5.41) is 10.1. The molecule has 0 aliphatic carbocycles. The van der Waals surface area contributed by atoms with Crippen molar-refractivity contribution in [3.63, 3.8) is 0 Å². The van der Waals surface area contributed by atoms with E-state index in [1.165, 1.54) is 16.8 Å². The summed E-state index contributed by atoms with van der Waals surface area (Å²) in [6, 6.07) is 1.21. The fourth-order valence-electron chi connectivity index (χ4n) is 0.541. The Morgan fingerprint density at radius 2 is 2.67 bits per heavy atom. The summed E-state index contributed by atoms with van der Waals surface area (Å²) in [5.74, 6) is 0. The van der Waals surface area contributed by atoms with Crippen LogP contribution in [0.4, 0.5) is 5.69 Å². The molecule has 1 rings (SSSR count). The SMILES string of the molecule is [2H]c1cc([N+](=O)[O-])cn1C. The highest BCUT2D eigenvalue weighted by atomic mass is 16.6. The van der Waals surface area contributed by atoms with Crippen LogP contribution in [0.1, 0.15) is 1.37 Å². The van der Waals surface area contributed by atoms with Crippen LogP contribution >= 0.6 is 0 Å². The molecule has 1 aromatic rings. The van der Waals surface area contributed by atoms with Gasteiger partial charge in [0, 0.05) is 19.3 Å². The molecular weight excluding hydrogens is 120 g/mol. The van der Waals surface area contributed by atoms with Crippen molar-refractivity contribution >= 4 is 5.69 Å². The Bertz CT molecular complexity index is 249. The van der Waals surface area contributed by atoms with Crippen molar-refractivity contribution in [1.29, 1.82) is 0 Å². The number of hydrogen-bond acceptors (Lipinski definition) is 2. The second kappa shape index (κ2) is 1.89. The van der Waals surface area contributed by atoms with Gasteiger partial charge in [0.25, 0.3) is 5.69 Å². The van der Waals surface area contributed by atoms with E-state index in [1.54, 1.807) is 7.05 Å². The van der Waals surface area contributed by atoms with Gasteiger partial charge in [-0.3, -0.25) is 10.1 Å². The zero-order valence-corrected chi connectivity index (χ0v) is 4.87. The number of nitrogens with zero attached hydrogens (tertiary/aromatic N) is 2. The first kappa shape index (κ1) is 4.55. The lowest BCUT2D eigenvalue weighted by molar-refractivity contribution is -0.384. The molecule has 9 heavy (non-hydrogen) atoms. The Kier molecular flexibility index (Phi) is 0.955. The molecule has 0 unspecified atom stereocenters. The van der Waals surface area contributed by atoms with Crippen molar-refractivity contribution in [3.05, 3.63) is 28.6 Å². The van der Waals surface area contributed by atoms with E-state index >= 15 is 0 Å². The highest BCUT2D eigenvalue weighted by Crippen LogP contribution is 2.08. The number of nitro groups is 1. The third-order valence-corrected chi connectivity index (χ3v) is 0.953. The first-order valence-electron chi connectivity index (χ1n) is 2.88. The second-order valence-electron chi connectivity index (χ2n) is 1.70. The Morgan fingerprint density at radius 1 is 2.00 bits per heavy atom. The smallest absolute Gasteiger partial charge is 0.286 e. The topological polar surface area (TPSA) is 48.1 Å². The van der Waals surface area contributed by atoms with Crippen LogP contribution in [-0.2, 0) is 7.05 Å². The van der Waals surface area contributed by atoms with Gasteiger partial charge in [0.1, 0.15) is 0 Å². The molecule has 1 aromatic heterocycles. The van der Waals surface area contributed by atoms with Crippen LogP contribution in [0, 0.1) is 10.1 Å². The summed E-state index contributed by atoms with van der Waals surface area (Å²) < 4.78 is 8.48. The molecule has 0 fully saturated rings. The molecule has 0 atom stereocenters. The maximum atomic E-state index is 10.1.